The summed E-state index contributed by atoms with van der Waals surface area (Å²) in [5.74, 6) is -1.13. The van der Waals surface area contributed by atoms with Crippen LogP contribution < -0.4 is 31.6 Å². The zero-order valence-corrected chi connectivity index (χ0v) is 31.3. The maximum atomic E-state index is 13.6. The molecule has 4 heterocycles. The van der Waals surface area contributed by atoms with Crippen molar-refractivity contribution in [1.82, 2.24) is 38.7 Å². The van der Waals surface area contributed by atoms with Crippen molar-refractivity contribution in [2.24, 2.45) is 11.5 Å². The van der Waals surface area contributed by atoms with Crippen LogP contribution >= 0.6 is 0 Å². The fourth-order valence-electron chi connectivity index (χ4n) is 6.34. The number of imidazole rings is 2. The third-order valence-electron chi connectivity index (χ3n) is 8.76. The number of nitrogens with one attached hydrogen (secondary N) is 2. The summed E-state index contributed by atoms with van der Waals surface area (Å²) in [7, 11) is 1.46. The first-order valence-corrected chi connectivity index (χ1v) is 17.6. The number of nitrogens with two attached hydrogens (primary N) is 2. The Morgan fingerprint density at radius 3 is 1.53 bits per heavy atom. The van der Waals surface area contributed by atoms with Gasteiger partial charge in [-0.25, -0.2) is 9.97 Å². The van der Waals surface area contributed by atoms with Gasteiger partial charge in [0.05, 0.1) is 36.1 Å². The van der Waals surface area contributed by atoms with Gasteiger partial charge in [0, 0.05) is 37.3 Å². The average molecular weight is 751 g/mol. The number of aromatic nitrogens is 8. The highest BCUT2D eigenvalue weighted by molar-refractivity contribution is 6.05. The number of allylic oxidation sites excluding steroid dienone is 2. The highest BCUT2D eigenvalue weighted by Crippen LogP contribution is 2.33. The molecule has 286 valence electrons. The Morgan fingerprint density at radius 2 is 1.13 bits per heavy atom. The Morgan fingerprint density at radius 1 is 0.691 bits per heavy atom. The maximum absolute atomic E-state index is 13.6. The minimum atomic E-state index is -0.665. The molecule has 0 radical (unpaired) electrons. The number of benzene rings is 2. The zero-order valence-electron chi connectivity index (χ0n) is 31.3. The molecule has 4 amide bonds. The molecule has 6 rings (SSSR count). The molecule has 0 atom stereocenters. The second kappa shape index (κ2) is 15.6. The Hall–Kier alpha value is -6.98. The number of fused-ring (bicyclic) bond motifs is 2. The van der Waals surface area contributed by atoms with E-state index in [0.717, 1.165) is 0 Å². The van der Waals surface area contributed by atoms with Crippen molar-refractivity contribution in [2.75, 3.05) is 24.4 Å². The number of ether oxygens (including phenoxy) is 2. The second-order valence-corrected chi connectivity index (χ2v) is 12.5. The van der Waals surface area contributed by atoms with Gasteiger partial charge in [0.25, 0.3) is 11.8 Å². The van der Waals surface area contributed by atoms with Crippen molar-refractivity contribution in [3.05, 3.63) is 82.5 Å². The lowest BCUT2D eigenvalue weighted by atomic mass is 10.1. The minimum Gasteiger partial charge on any atom is -0.494 e. The second-order valence-electron chi connectivity index (χ2n) is 12.5. The molecular formula is C37H42N12O6. The molecule has 6 N–H and O–H groups in total. The normalized spacial score (nSPS) is 11.5. The van der Waals surface area contributed by atoms with Gasteiger partial charge < -0.3 is 30.1 Å². The van der Waals surface area contributed by atoms with Crippen LogP contribution in [-0.2, 0) is 26.2 Å². The van der Waals surface area contributed by atoms with Crippen LogP contribution in [0.3, 0.4) is 0 Å². The van der Waals surface area contributed by atoms with Crippen molar-refractivity contribution >= 4 is 57.6 Å². The molecule has 55 heavy (non-hydrogen) atoms. The van der Waals surface area contributed by atoms with E-state index in [2.05, 4.69) is 30.8 Å². The number of amides is 4. The first-order chi connectivity index (χ1) is 26.4. The van der Waals surface area contributed by atoms with Crippen LogP contribution in [0.5, 0.6) is 11.5 Å². The van der Waals surface area contributed by atoms with Gasteiger partial charge in [-0.15, -0.1) is 0 Å². The zero-order chi connectivity index (χ0) is 39.6. The van der Waals surface area contributed by atoms with Gasteiger partial charge in [0.15, 0.2) is 0 Å². The predicted octanol–water partition coefficient (Wildman–Crippen LogP) is 3.80. The monoisotopic (exact) mass is 750 g/mol. The molecule has 0 aliphatic rings. The van der Waals surface area contributed by atoms with E-state index in [0.29, 0.717) is 69.4 Å². The molecule has 0 aliphatic carbocycles. The topological polar surface area (TPSA) is 234 Å². The SMILES string of the molecule is CCOc1cc(C(N)=O)cc2nc(NC(=O)c3cc(C)nn3CC)n(C/C=C/Cn3c(NC(=O)c4cc(C)nn4CC)nc4cc(C(N)=O)cc(OC)c43)c12. The Kier molecular flexibility index (Phi) is 10.7. The van der Waals surface area contributed by atoms with Crippen LogP contribution in [-0.4, -0.2) is 76.0 Å². The van der Waals surface area contributed by atoms with E-state index in [1.807, 2.05) is 32.9 Å². The molecule has 18 nitrogen and oxygen atoms in total. The highest BCUT2D eigenvalue weighted by atomic mass is 16.5. The first kappa shape index (κ1) is 37.8. The summed E-state index contributed by atoms with van der Waals surface area (Å²) in [6.45, 7) is 10.8. The highest BCUT2D eigenvalue weighted by Gasteiger charge is 2.23. The quantitative estimate of drug-likeness (QED) is 0.111. The molecule has 4 aromatic heterocycles. The lowest BCUT2D eigenvalue weighted by molar-refractivity contribution is 0.0991. The van der Waals surface area contributed by atoms with Crippen LogP contribution in [0.4, 0.5) is 11.9 Å². The number of methoxy groups -OCH3 is 1. The summed E-state index contributed by atoms with van der Waals surface area (Å²) >= 11 is 0. The van der Waals surface area contributed by atoms with Crippen molar-refractivity contribution in [3.8, 4) is 11.5 Å². The smallest absolute Gasteiger partial charge is 0.276 e. The van der Waals surface area contributed by atoms with E-state index in [1.165, 1.54) is 19.2 Å². The van der Waals surface area contributed by atoms with E-state index in [4.69, 9.17) is 20.9 Å². The summed E-state index contributed by atoms with van der Waals surface area (Å²) < 4.78 is 18.3. The number of hydrogen-bond donors (Lipinski definition) is 4. The van der Waals surface area contributed by atoms with Gasteiger partial charge in [-0.3, -0.25) is 39.2 Å². The largest absolute Gasteiger partial charge is 0.494 e. The van der Waals surface area contributed by atoms with Crippen LogP contribution in [0, 0.1) is 13.8 Å². The van der Waals surface area contributed by atoms with E-state index in [1.54, 1.807) is 56.6 Å². The summed E-state index contributed by atoms with van der Waals surface area (Å²) in [5, 5.41) is 14.6. The van der Waals surface area contributed by atoms with Gasteiger partial charge in [-0.05, 0) is 71.0 Å². The maximum Gasteiger partial charge on any atom is 0.276 e. The Bertz CT molecular complexity index is 2500. The van der Waals surface area contributed by atoms with Crippen LogP contribution in [0.25, 0.3) is 22.1 Å². The van der Waals surface area contributed by atoms with E-state index >= 15 is 0 Å². The molecule has 0 spiro atoms. The third-order valence-corrected chi connectivity index (χ3v) is 8.76. The molecular weight excluding hydrogens is 708 g/mol. The number of primary amides is 2. The van der Waals surface area contributed by atoms with Gasteiger partial charge in [-0.2, -0.15) is 10.2 Å². The summed E-state index contributed by atoms with van der Waals surface area (Å²) in [6, 6.07) is 9.51. The van der Waals surface area contributed by atoms with Crippen molar-refractivity contribution < 1.29 is 28.7 Å². The summed E-state index contributed by atoms with van der Waals surface area (Å²) in [4.78, 5) is 60.9. The lowest BCUT2D eigenvalue weighted by Gasteiger charge is -2.13. The van der Waals surface area contributed by atoms with E-state index < -0.39 is 23.6 Å². The summed E-state index contributed by atoms with van der Waals surface area (Å²) in [5.41, 5.74) is 15.5. The predicted molar refractivity (Wildman–Crippen MR) is 205 cm³/mol. The van der Waals surface area contributed by atoms with Crippen molar-refractivity contribution in [2.45, 2.75) is 60.8 Å². The molecule has 0 bridgehead atoms. The fourth-order valence-corrected chi connectivity index (χ4v) is 6.34. The van der Waals surface area contributed by atoms with Gasteiger partial charge in [-0.1, -0.05) is 12.2 Å². The molecule has 18 heteroatoms. The van der Waals surface area contributed by atoms with E-state index in [-0.39, 0.29) is 42.7 Å². The average Bonchev–Trinajstić information content (AvgIpc) is 3.91. The number of rotatable bonds is 15. The van der Waals surface area contributed by atoms with Crippen molar-refractivity contribution in [3.63, 3.8) is 0 Å². The van der Waals surface area contributed by atoms with Gasteiger partial charge in [0.2, 0.25) is 23.7 Å². The third kappa shape index (κ3) is 7.46. The fraction of sp³-hybridized carbons (Fsp3) is 0.297. The first-order valence-electron chi connectivity index (χ1n) is 17.6. The van der Waals surface area contributed by atoms with Crippen LogP contribution in [0.2, 0.25) is 0 Å². The molecule has 0 saturated heterocycles. The number of carbonyl (C=O) groups is 4. The molecule has 0 saturated carbocycles. The van der Waals surface area contributed by atoms with Crippen LogP contribution in [0.15, 0.2) is 48.6 Å². The summed E-state index contributed by atoms with van der Waals surface area (Å²) in [6.07, 6.45) is 3.68. The number of carbonyl (C=O) groups excluding carboxylic acids is 4. The molecule has 0 aliphatic heterocycles. The van der Waals surface area contributed by atoms with Crippen molar-refractivity contribution in [1.29, 1.82) is 0 Å². The minimum absolute atomic E-state index is 0.178. The number of aryl methyl sites for hydroxylation is 4. The number of nitrogens with zero attached hydrogens (tertiary/aromatic N) is 8. The molecule has 6 aromatic rings. The molecule has 2 aromatic carbocycles. The molecule has 0 unspecified atom stereocenters. The standard InChI is InChI=1S/C37H42N12O6/c1-7-48-26(14-20(4)44-48)34(52)42-36-40-24-16-22(32(38)50)18-28(54-6)30(24)46(36)12-10-11-13-47-31-25(17-23(33(39)51)19-29(31)55-9-3)41-37(47)43-35(53)27-15-21(5)45-49(27)8-2/h10-11,14-19H,7-9,12-13H2,1-6H3,(H2,38,50)(H2,39,51)(H,40,42,52)(H,41,43,53)/b11-10+. The van der Waals surface area contributed by atoms with Crippen LogP contribution in [0.1, 0.15) is 73.9 Å². The lowest BCUT2D eigenvalue weighted by Crippen LogP contribution is -2.20. The Balaban J connectivity index is 1.40. The number of anilines is 2. The van der Waals surface area contributed by atoms with Gasteiger partial charge >= 0.3 is 0 Å². The van der Waals surface area contributed by atoms with Gasteiger partial charge in [0.1, 0.15) is 33.9 Å². The Labute approximate surface area is 315 Å². The molecule has 0 fully saturated rings. The van der Waals surface area contributed by atoms with E-state index in [9.17, 15) is 19.2 Å². The number of hydrogen-bond acceptors (Lipinski definition) is 10.